The lowest BCUT2D eigenvalue weighted by atomic mass is 10.1. The monoisotopic (exact) mass is 379 g/mol. The molecule has 3 N–H and O–H groups in total. The second kappa shape index (κ2) is 7.42. The molecule has 1 fully saturated rings. The van der Waals surface area contributed by atoms with Crippen LogP contribution in [0, 0.1) is 0 Å². The van der Waals surface area contributed by atoms with Gasteiger partial charge in [0.15, 0.2) is 0 Å². The van der Waals surface area contributed by atoms with E-state index in [9.17, 15) is 18.0 Å². The number of carbonyl (C=O) groups is 1. The molecule has 140 valence electrons. The van der Waals surface area contributed by atoms with E-state index in [1.807, 2.05) is 0 Å². The number of hydrogen-bond acceptors (Lipinski definition) is 5. The summed E-state index contributed by atoms with van der Waals surface area (Å²) in [5.74, 6) is 0.0190. The van der Waals surface area contributed by atoms with Crippen molar-refractivity contribution in [2.75, 3.05) is 13.1 Å². The van der Waals surface area contributed by atoms with E-state index in [1.165, 1.54) is 12.1 Å². The molecule has 3 rings (SSSR count). The van der Waals surface area contributed by atoms with Gasteiger partial charge in [0.25, 0.3) is 5.91 Å². The summed E-state index contributed by atoms with van der Waals surface area (Å²) < 4.78 is 27.7. The molecule has 9 nitrogen and oxygen atoms in total. The lowest BCUT2D eigenvalue weighted by Crippen LogP contribution is -2.35. The number of rotatable bonds is 5. The Morgan fingerprint density at radius 2 is 2.00 bits per heavy atom. The van der Waals surface area contributed by atoms with Gasteiger partial charge in [-0.25, -0.2) is 23.0 Å². The number of hydrogen-bond donors (Lipinski definition) is 3. The molecule has 0 spiro atoms. The van der Waals surface area contributed by atoms with Crippen LogP contribution in [-0.4, -0.2) is 47.5 Å². The number of piperidine rings is 1. The maximum atomic E-state index is 12.6. The normalized spacial score (nSPS) is 16.4. The van der Waals surface area contributed by atoms with Crippen molar-refractivity contribution in [1.82, 2.24) is 24.8 Å². The van der Waals surface area contributed by atoms with E-state index in [4.69, 9.17) is 0 Å². The van der Waals surface area contributed by atoms with E-state index >= 15 is 0 Å². The smallest absolute Gasteiger partial charge is 0.339 e. The standard InChI is InChI=1S/C16H21N5O4S/c1-11(14-17-16(23)19-18-14)20-26(24,25)13-7-5-6-12(10-13)15(22)21-8-3-2-4-9-21/h5-7,10-11,20H,2-4,8-9H2,1H3,(H2,17,18,19,23)/t11-/m1/s1. The van der Waals surface area contributed by atoms with Gasteiger partial charge in [-0.15, -0.1) is 0 Å². The molecule has 1 aromatic carbocycles. The molecule has 0 saturated carbocycles. The van der Waals surface area contributed by atoms with Gasteiger partial charge in [0.2, 0.25) is 10.0 Å². The van der Waals surface area contributed by atoms with Crippen LogP contribution in [0.3, 0.4) is 0 Å². The van der Waals surface area contributed by atoms with E-state index < -0.39 is 21.8 Å². The van der Waals surface area contributed by atoms with Gasteiger partial charge in [0, 0.05) is 18.7 Å². The number of nitrogens with zero attached hydrogens (tertiary/aromatic N) is 2. The molecule has 0 unspecified atom stereocenters. The van der Waals surface area contributed by atoms with Crippen molar-refractivity contribution in [2.45, 2.75) is 37.1 Å². The second-order valence-corrected chi connectivity index (χ2v) is 8.00. The van der Waals surface area contributed by atoms with Crippen molar-refractivity contribution in [3.05, 3.63) is 46.1 Å². The number of sulfonamides is 1. The number of likely N-dealkylation sites (tertiary alicyclic amines) is 1. The fraction of sp³-hybridized carbons (Fsp3) is 0.438. The average Bonchev–Trinajstić information content (AvgIpc) is 3.08. The Morgan fingerprint density at radius 3 is 2.65 bits per heavy atom. The fourth-order valence-corrected chi connectivity index (χ4v) is 4.17. The second-order valence-electron chi connectivity index (χ2n) is 6.29. The van der Waals surface area contributed by atoms with E-state index in [-0.39, 0.29) is 16.6 Å². The van der Waals surface area contributed by atoms with Crippen LogP contribution in [0.25, 0.3) is 0 Å². The first-order valence-corrected chi connectivity index (χ1v) is 9.91. The van der Waals surface area contributed by atoms with Gasteiger partial charge in [0.05, 0.1) is 10.9 Å². The van der Waals surface area contributed by atoms with Crippen molar-refractivity contribution in [1.29, 1.82) is 0 Å². The molecular formula is C16H21N5O4S. The number of benzene rings is 1. The van der Waals surface area contributed by atoms with Crippen LogP contribution in [0.5, 0.6) is 0 Å². The lowest BCUT2D eigenvalue weighted by molar-refractivity contribution is 0.0724. The Labute approximate surface area is 150 Å². The fourth-order valence-electron chi connectivity index (χ4n) is 2.92. The third-order valence-corrected chi connectivity index (χ3v) is 5.83. The quantitative estimate of drug-likeness (QED) is 0.707. The third-order valence-electron chi connectivity index (χ3n) is 4.30. The molecule has 26 heavy (non-hydrogen) atoms. The molecular weight excluding hydrogens is 358 g/mol. The van der Waals surface area contributed by atoms with Gasteiger partial charge in [-0.3, -0.25) is 9.78 Å². The topological polar surface area (TPSA) is 128 Å². The zero-order valence-corrected chi connectivity index (χ0v) is 15.2. The molecule has 10 heteroatoms. The SMILES string of the molecule is C[C@@H](NS(=O)(=O)c1cccc(C(=O)N2CCCCC2)c1)c1n[nH]c(=O)[nH]1. The number of carbonyl (C=O) groups excluding carboxylic acids is 1. The van der Waals surface area contributed by atoms with Crippen LogP contribution in [0.2, 0.25) is 0 Å². The lowest BCUT2D eigenvalue weighted by Gasteiger charge is -2.26. The number of aromatic nitrogens is 3. The van der Waals surface area contributed by atoms with Gasteiger partial charge in [-0.05, 0) is 44.4 Å². The third kappa shape index (κ3) is 4.02. The van der Waals surface area contributed by atoms with Crippen molar-refractivity contribution >= 4 is 15.9 Å². The Hall–Kier alpha value is -2.46. The Morgan fingerprint density at radius 1 is 1.27 bits per heavy atom. The highest BCUT2D eigenvalue weighted by molar-refractivity contribution is 7.89. The number of nitrogens with one attached hydrogen (secondary N) is 3. The number of H-pyrrole nitrogens is 2. The van der Waals surface area contributed by atoms with Crippen LogP contribution in [0.4, 0.5) is 0 Å². The number of amides is 1. The zero-order chi connectivity index (χ0) is 18.7. The maximum absolute atomic E-state index is 12.6. The van der Waals surface area contributed by atoms with Gasteiger partial charge < -0.3 is 4.90 Å². The average molecular weight is 379 g/mol. The van der Waals surface area contributed by atoms with Crippen LogP contribution in [0.15, 0.2) is 34.0 Å². The summed E-state index contributed by atoms with van der Waals surface area (Å²) in [4.78, 5) is 27.8. The molecule has 2 heterocycles. The first-order valence-electron chi connectivity index (χ1n) is 8.43. The summed E-state index contributed by atoms with van der Waals surface area (Å²) >= 11 is 0. The summed E-state index contributed by atoms with van der Waals surface area (Å²) in [6, 6.07) is 5.23. The highest BCUT2D eigenvalue weighted by atomic mass is 32.2. The molecule has 2 aromatic rings. The van der Waals surface area contributed by atoms with Crippen LogP contribution < -0.4 is 10.4 Å². The molecule has 1 aliphatic rings. The van der Waals surface area contributed by atoms with Crippen molar-refractivity contribution in [2.24, 2.45) is 0 Å². The predicted octanol–water partition coefficient (Wildman–Crippen LogP) is 0.764. The van der Waals surface area contributed by atoms with E-state index in [0.29, 0.717) is 18.7 Å². The summed E-state index contributed by atoms with van der Waals surface area (Å²) in [5.41, 5.74) is -0.171. The number of aromatic amines is 2. The molecule has 1 saturated heterocycles. The zero-order valence-electron chi connectivity index (χ0n) is 14.4. The first-order chi connectivity index (χ1) is 12.4. The molecule has 1 aromatic heterocycles. The molecule has 1 aliphatic heterocycles. The van der Waals surface area contributed by atoms with Crippen LogP contribution in [0.1, 0.15) is 48.4 Å². The predicted molar refractivity (Wildman–Crippen MR) is 94.1 cm³/mol. The van der Waals surface area contributed by atoms with Crippen molar-refractivity contribution < 1.29 is 13.2 Å². The highest BCUT2D eigenvalue weighted by Crippen LogP contribution is 2.18. The van der Waals surface area contributed by atoms with Gasteiger partial charge in [-0.2, -0.15) is 5.10 Å². The molecule has 1 atom stereocenters. The summed E-state index contributed by atoms with van der Waals surface area (Å²) in [7, 11) is -3.88. The highest BCUT2D eigenvalue weighted by Gasteiger charge is 2.23. The minimum Gasteiger partial charge on any atom is -0.339 e. The van der Waals surface area contributed by atoms with Gasteiger partial charge in [0.1, 0.15) is 5.82 Å². The van der Waals surface area contributed by atoms with E-state index in [1.54, 1.807) is 24.0 Å². The largest absolute Gasteiger partial charge is 0.340 e. The summed E-state index contributed by atoms with van der Waals surface area (Å²) in [5, 5.41) is 5.91. The van der Waals surface area contributed by atoms with E-state index in [0.717, 1.165) is 19.3 Å². The minimum absolute atomic E-state index is 0.00917. The summed E-state index contributed by atoms with van der Waals surface area (Å²) in [6.45, 7) is 2.95. The van der Waals surface area contributed by atoms with Crippen molar-refractivity contribution in [3.8, 4) is 0 Å². The minimum atomic E-state index is -3.88. The van der Waals surface area contributed by atoms with Gasteiger partial charge >= 0.3 is 5.69 Å². The Balaban J connectivity index is 1.79. The van der Waals surface area contributed by atoms with Crippen molar-refractivity contribution in [3.63, 3.8) is 0 Å². The first kappa shape index (κ1) is 18.3. The van der Waals surface area contributed by atoms with Crippen LogP contribution in [-0.2, 0) is 10.0 Å². The Kier molecular flexibility index (Phi) is 5.23. The summed E-state index contributed by atoms with van der Waals surface area (Å²) in [6.07, 6.45) is 3.03. The Bertz CT molecular complexity index is 943. The molecule has 0 aliphatic carbocycles. The molecule has 0 radical (unpaired) electrons. The molecule has 1 amide bonds. The van der Waals surface area contributed by atoms with E-state index in [2.05, 4.69) is 19.9 Å². The maximum Gasteiger partial charge on any atom is 0.340 e. The van der Waals surface area contributed by atoms with Crippen LogP contribution >= 0.6 is 0 Å². The molecule has 0 bridgehead atoms. The van der Waals surface area contributed by atoms with Gasteiger partial charge in [-0.1, -0.05) is 6.07 Å².